The lowest BCUT2D eigenvalue weighted by Crippen LogP contribution is -2.49. The first kappa shape index (κ1) is 19.8. The van der Waals surface area contributed by atoms with E-state index in [2.05, 4.69) is 27.3 Å². The van der Waals surface area contributed by atoms with Gasteiger partial charge in [-0.2, -0.15) is 0 Å². The molecule has 2 amide bonds. The van der Waals surface area contributed by atoms with Crippen LogP contribution in [0.5, 0.6) is 0 Å². The van der Waals surface area contributed by atoms with E-state index < -0.39 is 0 Å². The Balaban J connectivity index is 1.57. The first-order chi connectivity index (χ1) is 13.7. The first-order valence-corrected chi connectivity index (χ1v) is 9.52. The number of benzene rings is 1. The van der Waals surface area contributed by atoms with Gasteiger partial charge in [-0.15, -0.1) is 0 Å². The van der Waals surface area contributed by atoms with Crippen molar-refractivity contribution in [1.29, 1.82) is 0 Å². The zero-order valence-electron chi connectivity index (χ0n) is 16.1. The minimum atomic E-state index is -0.278. The number of methoxy groups -OCH3 is 1. The summed E-state index contributed by atoms with van der Waals surface area (Å²) in [7, 11) is 1.62. The van der Waals surface area contributed by atoms with Crippen molar-refractivity contribution in [2.75, 3.05) is 51.3 Å². The van der Waals surface area contributed by atoms with Crippen LogP contribution in [0.2, 0.25) is 0 Å². The summed E-state index contributed by atoms with van der Waals surface area (Å²) < 4.78 is 4.96. The minimum absolute atomic E-state index is 0.137. The number of nitrogens with zero attached hydrogens (tertiary/aromatic N) is 3. The van der Waals surface area contributed by atoms with Gasteiger partial charge in [0.1, 0.15) is 11.4 Å². The normalized spacial score (nSPS) is 14.0. The van der Waals surface area contributed by atoms with Crippen LogP contribution < -0.4 is 10.2 Å². The summed E-state index contributed by atoms with van der Waals surface area (Å²) in [4.78, 5) is 33.4. The summed E-state index contributed by atoms with van der Waals surface area (Å²) in [5.41, 5.74) is 1.73. The summed E-state index contributed by atoms with van der Waals surface area (Å²) in [5.74, 6) is -0.415. The third-order valence-corrected chi connectivity index (χ3v) is 4.70. The summed E-state index contributed by atoms with van der Waals surface area (Å²) in [6.45, 7) is 3.89. The molecule has 7 nitrogen and oxygen atoms in total. The Kier molecular flexibility index (Phi) is 6.97. The number of rotatable bonds is 7. The van der Waals surface area contributed by atoms with Gasteiger partial charge in [-0.3, -0.25) is 9.59 Å². The molecule has 0 radical (unpaired) electrons. The smallest absolute Gasteiger partial charge is 0.272 e. The molecule has 0 saturated carbocycles. The molecule has 1 N–H and O–H groups in total. The lowest BCUT2D eigenvalue weighted by molar-refractivity contribution is 0.0740. The summed E-state index contributed by atoms with van der Waals surface area (Å²) in [6, 6.07) is 15.2. The van der Waals surface area contributed by atoms with Gasteiger partial charge >= 0.3 is 0 Å². The average Bonchev–Trinajstić information content (AvgIpc) is 2.77. The number of ether oxygens (including phenoxy) is 1. The number of pyridine rings is 1. The van der Waals surface area contributed by atoms with Crippen molar-refractivity contribution in [3.63, 3.8) is 0 Å². The van der Waals surface area contributed by atoms with Crippen LogP contribution in [-0.2, 0) is 4.74 Å². The molecule has 2 heterocycles. The number of nitrogens with one attached hydrogen (secondary N) is 1. The van der Waals surface area contributed by atoms with Crippen LogP contribution in [0.3, 0.4) is 0 Å². The fraction of sp³-hybridized carbons (Fsp3) is 0.381. The molecule has 2 aromatic rings. The van der Waals surface area contributed by atoms with E-state index in [1.54, 1.807) is 30.2 Å². The van der Waals surface area contributed by atoms with Gasteiger partial charge in [0.2, 0.25) is 0 Å². The molecule has 1 aromatic carbocycles. The Labute approximate surface area is 165 Å². The van der Waals surface area contributed by atoms with E-state index in [0.717, 1.165) is 19.5 Å². The first-order valence-electron chi connectivity index (χ1n) is 9.52. The van der Waals surface area contributed by atoms with Gasteiger partial charge in [-0.25, -0.2) is 4.98 Å². The highest BCUT2D eigenvalue weighted by atomic mass is 16.5. The fourth-order valence-electron chi connectivity index (χ4n) is 3.16. The lowest BCUT2D eigenvalue weighted by Gasteiger charge is -2.36. The van der Waals surface area contributed by atoms with Crippen LogP contribution in [0.4, 0.5) is 5.69 Å². The second-order valence-electron chi connectivity index (χ2n) is 6.63. The topological polar surface area (TPSA) is 74.8 Å². The molecule has 28 heavy (non-hydrogen) atoms. The molecule has 0 spiro atoms. The zero-order valence-corrected chi connectivity index (χ0v) is 16.1. The van der Waals surface area contributed by atoms with Gasteiger partial charge in [0.15, 0.2) is 0 Å². The van der Waals surface area contributed by atoms with E-state index in [-0.39, 0.29) is 17.5 Å². The minimum Gasteiger partial charge on any atom is -0.385 e. The second-order valence-corrected chi connectivity index (χ2v) is 6.63. The molecular formula is C21H26N4O3. The van der Waals surface area contributed by atoms with E-state index in [0.29, 0.717) is 31.9 Å². The highest BCUT2D eigenvalue weighted by molar-refractivity contribution is 5.96. The van der Waals surface area contributed by atoms with Gasteiger partial charge in [0, 0.05) is 52.1 Å². The number of carbonyl (C=O) groups excluding carboxylic acids is 2. The van der Waals surface area contributed by atoms with Crippen LogP contribution >= 0.6 is 0 Å². The molecule has 0 atom stereocenters. The summed E-state index contributed by atoms with van der Waals surface area (Å²) in [5, 5.41) is 2.79. The molecule has 0 aliphatic carbocycles. The van der Waals surface area contributed by atoms with Gasteiger partial charge in [0.25, 0.3) is 11.8 Å². The fourth-order valence-corrected chi connectivity index (χ4v) is 3.16. The molecule has 1 aliphatic rings. The molecular weight excluding hydrogens is 356 g/mol. The maximum Gasteiger partial charge on any atom is 0.272 e. The number of anilines is 1. The van der Waals surface area contributed by atoms with Crippen molar-refractivity contribution in [2.24, 2.45) is 0 Å². The molecule has 1 fully saturated rings. The Bertz CT molecular complexity index is 789. The third-order valence-electron chi connectivity index (χ3n) is 4.70. The van der Waals surface area contributed by atoms with Crippen molar-refractivity contribution in [1.82, 2.24) is 15.2 Å². The number of piperazine rings is 1. The third kappa shape index (κ3) is 5.07. The van der Waals surface area contributed by atoms with Crippen molar-refractivity contribution in [3.05, 3.63) is 59.9 Å². The molecule has 0 unspecified atom stereocenters. The van der Waals surface area contributed by atoms with Crippen LogP contribution in [0.25, 0.3) is 0 Å². The van der Waals surface area contributed by atoms with Crippen molar-refractivity contribution >= 4 is 17.5 Å². The largest absolute Gasteiger partial charge is 0.385 e. The Morgan fingerprint density at radius 3 is 2.43 bits per heavy atom. The number of para-hydroxylation sites is 1. The summed E-state index contributed by atoms with van der Waals surface area (Å²) in [6.07, 6.45) is 0.729. The number of carbonyl (C=O) groups is 2. The molecule has 3 rings (SSSR count). The highest BCUT2D eigenvalue weighted by Crippen LogP contribution is 2.16. The van der Waals surface area contributed by atoms with Crippen molar-refractivity contribution in [2.45, 2.75) is 6.42 Å². The number of amides is 2. The van der Waals surface area contributed by atoms with Gasteiger partial charge < -0.3 is 19.9 Å². The van der Waals surface area contributed by atoms with Gasteiger partial charge in [0.05, 0.1) is 0 Å². The van der Waals surface area contributed by atoms with Gasteiger partial charge in [-0.1, -0.05) is 24.3 Å². The van der Waals surface area contributed by atoms with Crippen LogP contribution in [0, 0.1) is 0 Å². The van der Waals surface area contributed by atoms with E-state index >= 15 is 0 Å². The maximum absolute atomic E-state index is 12.8. The van der Waals surface area contributed by atoms with E-state index in [9.17, 15) is 9.59 Å². The Morgan fingerprint density at radius 2 is 1.71 bits per heavy atom. The Hall–Kier alpha value is -2.93. The number of hydrogen-bond acceptors (Lipinski definition) is 5. The quantitative estimate of drug-likeness (QED) is 0.740. The van der Waals surface area contributed by atoms with Crippen molar-refractivity contribution in [3.8, 4) is 0 Å². The van der Waals surface area contributed by atoms with Crippen LogP contribution in [-0.4, -0.2) is 68.1 Å². The molecule has 1 aromatic heterocycles. The molecule has 148 valence electrons. The molecule has 1 aliphatic heterocycles. The zero-order chi connectivity index (χ0) is 19.8. The van der Waals surface area contributed by atoms with E-state index in [4.69, 9.17) is 4.74 Å². The van der Waals surface area contributed by atoms with Gasteiger partial charge in [-0.05, 0) is 30.7 Å². The van der Waals surface area contributed by atoms with E-state index in [1.165, 1.54) is 5.69 Å². The van der Waals surface area contributed by atoms with Crippen LogP contribution in [0.1, 0.15) is 27.4 Å². The highest BCUT2D eigenvalue weighted by Gasteiger charge is 2.23. The number of aromatic nitrogens is 1. The second kappa shape index (κ2) is 9.85. The molecule has 1 saturated heterocycles. The monoisotopic (exact) mass is 382 g/mol. The Morgan fingerprint density at radius 1 is 1.00 bits per heavy atom. The molecule has 7 heteroatoms. The predicted molar refractivity (Wildman–Crippen MR) is 108 cm³/mol. The SMILES string of the molecule is COCCCNC(=O)c1cccc(C(=O)N2CCN(c3ccccc3)CC2)n1. The van der Waals surface area contributed by atoms with E-state index in [1.807, 2.05) is 18.2 Å². The molecule has 0 bridgehead atoms. The predicted octanol–water partition coefficient (Wildman–Crippen LogP) is 1.81. The standard InChI is InChI=1S/C21H26N4O3/c1-28-16-6-11-22-20(26)18-9-5-10-19(23-18)21(27)25-14-12-24(13-15-25)17-7-3-2-4-8-17/h2-5,7-10H,6,11-16H2,1H3,(H,22,26). The van der Waals surface area contributed by atoms with Crippen molar-refractivity contribution < 1.29 is 14.3 Å². The summed E-state index contributed by atoms with van der Waals surface area (Å²) >= 11 is 0. The lowest BCUT2D eigenvalue weighted by atomic mass is 10.2. The number of hydrogen-bond donors (Lipinski definition) is 1. The average molecular weight is 382 g/mol. The van der Waals surface area contributed by atoms with Crippen LogP contribution in [0.15, 0.2) is 48.5 Å². The maximum atomic E-state index is 12.8.